The predicted octanol–water partition coefficient (Wildman–Crippen LogP) is 4.55. The van der Waals surface area contributed by atoms with E-state index in [4.69, 9.17) is 0 Å². The molecule has 0 aromatic heterocycles. The van der Waals surface area contributed by atoms with Crippen LogP contribution in [0.2, 0.25) is 0 Å². The van der Waals surface area contributed by atoms with Crippen molar-refractivity contribution in [2.24, 2.45) is 0 Å². The van der Waals surface area contributed by atoms with Crippen molar-refractivity contribution in [1.82, 2.24) is 20.4 Å². The van der Waals surface area contributed by atoms with Crippen molar-refractivity contribution >= 4 is 17.8 Å². The average molecular weight is 541 g/mol. The highest BCUT2D eigenvalue weighted by atomic mass is 19.1. The van der Waals surface area contributed by atoms with Crippen molar-refractivity contribution in [1.29, 1.82) is 0 Å². The summed E-state index contributed by atoms with van der Waals surface area (Å²) in [6, 6.07) is 19.8. The van der Waals surface area contributed by atoms with Gasteiger partial charge in [-0.25, -0.2) is 9.18 Å². The zero-order valence-corrected chi connectivity index (χ0v) is 22.9. The van der Waals surface area contributed by atoms with Gasteiger partial charge < -0.3 is 15.5 Å². The molecule has 4 amide bonds. The largest absolute Gasteiger partial charge is 0.350 e. The Labute approximate surface area is 233 Å². The molecule has 0 saturated carbocycles. The SMILES string of the molecule is CCN1C(=O)NC(c2ccc(C)cc2C)C2=C1CN(C(Cc1ccccc1)C(=O)NCc1ccc(F)cc1)C2=O. The minimum atomic E-state index is -0.811. The van der Waals surface area contributed by atoms with Gasteiger partial charge in [0.25, 0.3) is 5.91 Å². The standard InChI is InChI=1S/C32H33FN4O3/c1-4-36-27-19-37(31(39)28(27)29(35-32(36)40)25-15-10-20(2)16-21(25)3)26(17-22-8-6-5-7-9-22)30(38)34-18-23-11-13-24(33)14-12-23/h5-16,26,29H,4,17-19H2,1-3H3,(H,34,38)(H,35,40). The molecule has 2 N–H and O–H groups in total. The fourth-order valence-electron chi connectivity index (χ4n) is 5.57. The number of nitrogens with zero attached hydrogens (tertiary/aromatic N) is 2. The van der Waals surface area contributed by atoms with Crippen molar-refractivity contribution in [3.8, 4) is 0 Å². The number of benzene rings is 3. The number of hydrogen-bond donors (Lipinski definition) is 2. The van der Waals surface area contributed by atoms with Gasteiger partial charge >= 0.3 is 6.03 Å². The first-order valence-corrected chi connectivity index (χ1v) is 13.5. The van der Waals surface area contributed by atoms with E-state index in [1.54, 1.807) is 21.9 Å². The van der Waals surface area contributed by atoms with Crippen LogP contribution in [0.25, 0.3) is 0 Å². The van der Waals surface area contributed by atoms with Gasteiger partial charge in [-0.15, -0.1) is 0 Å². The fourth-order valence-corrected chi connectivity index (χ4v) is 5.57. The monoisotopic (exact) mass is 540 g/mol. The molecule has 3 aromatic carbocycles. The summed E-state index contributed by atoms with van der Waals surface area (Å²) in [4.78, 5) is 44.2. The van der Waals surface area contributed by atoms with E-state index in [0.29, 0.717) is 24.2 Å². The van der Waals surface area contributed by atoms with Crippen LogP contribution < -0.4 is 10.6 Å². The zero-order valence-electron chi connectivity index (χ0n) is 22.9. The molecular weight excluding hydrogens is 507 g/mol. The molecule has 0 bridgehead atoms. The Kier molecular flexibility index (Phi) is 7.69. The molecule has 2 atom stereocenters. The van der Waals surface area contributed by atoms with Gasteiger partial charge in [0.1, 0.15) is 11.9 Å². The van der Waals surface area contributed by atoms with Crippen LogP contribution in [0.1, 0.15) is 40.8 Å². The number of amides is 4. The number of carbonyl (C=O) groups excluding carboxylic acids is 3. The number of hydrogen-bond acceptors (Lipinski definition) is 3. The summed E-state index contributed by atoms with van der Waals surface area (Å²) in [5.41, 5.74) is 5.72. The summed E-state index contributed by atoms with van der Waals surface area (Å²) in [6.45, 7) is 6.58. The normalized spacial score (nSPS) is 17.6. The molecule has 5 rings (SSSR count). The second-order valence-electron chi connectivity index (χ2n) is 10.3. The van der Waals surface area contributed by atoms with E-state index in [9.17, 15) is 18.8 Å². The Hall–Kier alpha value is -4.46. The Morgan fingerprint density at radius 3 is 2.42 bits per heavy atom. The minimum absolute atomic E-state index is 0.151. The highest BCUT2D eigenvalue weighted by Crippen LogP contribution is 2.38. The Morgan fingerprint density at radius 2 is 1.75 bits per heavy atom. The molecule has 2 unspecified atom stereocenters. The van der Waals surface area contributed by atoms with Crippen LogP contribution in [0.3, 0.4) is 0 Å². The number of urea groups is 1. The van der Waals surface area contributed by atoms with Crippen LogP contribution in [-0.2, 0) is 22.6 Å². The second kappa shape index (κ2) is 11.3. The van der Waals surface area contributed by atoms with E-state index in [2.05, 4.69) is 10.6 Å². The van der Waals surface area contributed by atoms with E-state index >= 15 is 0 Å². The lowest BCUT2D eigenvalue weighted by atomic mass is 9.91. The molecule has 206 valence electrons. The molecule has 2 heterocycles. The molecule has 0 spiro atoms. The maximum Gasteiger partial charge on any atom is 0.322 e. The first-order valence-electron chi connectivity index (χ1n) is 13.5. The number of rotatable bonds is 8. The fraction of sp³-hybridized carbons (Fsp3) is 0.281. The summed E-state index contributed by atoms with van der Waals surface area (Å²) in [5.74, 6) is -0.929. The molecule has 8 heteroatoms. The van der Waals surface area contributed by atoms with Gasteiger partial charge in [-0.3, -0.25) is 14.5 Å². The average Bonchev–Trinajstić information content (AvgIpc) is 3.28. The summed E-state index contributed by atoms with van der Waals surface area (Å²) in [7, 11) is 0. The number of nitrogens with one attached hydrogen (secondary N) is 2. The van der Waals surface area contributed by atoms with Crippen molar-refractivity contribution in [3.05, 3.63) is 118 Å². The maximum absolute atomic E-state index is 14.2. The van der Waals surface area contributed by atoms with Gasteiger partial charge in [-0.05, 0) is 55.2 Å². The van der Waals surface area contributed by atoms with Crippen LogP contribution >= 0.6 is 0 Å². The third kappa shape index (κ3) is 5.34. The van der Waals surface area contributed by atoms with E-state index < -0.39 is 12.1 Å². The van der Waals surface area contributed by atoms with Crippen molar-refractivity contribution in [3.63, 3.8) is 0 Å². The lowest BCUT2D eigenvalue weighted by Gasteiger charge is -2.33. The molecule has 0 aliphatic carbocycles. The molecule has 7 nitrogen and oxygen atoms in total. The highest BCUT2D eigenvalue weighted by molar-refractivity contribution is 6.03. The van der Waals surface area contributed by atoms with Gasteiger partial charge in [0.15, 0.2) is 0 Å². The lowest BCUT2D eigenvalue weighted by Crippen LogP contribution is -2.49. The van der Waals surface area contributed by atoms with E-state index in [1.807, 2.05) is 69.3 Å². The van der Waals surface area contributed by atoms with E-state index in [-0.39, 0.29) is 36.8 Å². The molecule has 2 aliphatic rings. The highest BCUT2D eigenvalue weighted by Gasteiger charge is 2.47. The van der Waals surface area contributed by atoms with E-state index in [0.717, 1.165) is 27.8 Å². The van der Waals surface area contributed by atoms with Crippen LogP contribution in [0.5, 0.6) is 0 Å². The smallest absolute Gasteiger partial charge is 0.322 e. The maximum atomic E-state index is 14.2. The van der Waals surface area contributed by atoms with Crippen LogP contribution in [0.4, 0.5) is 9.18 Å². The third-order valence-electron chi connectivity index (χ3n) is 7.63. The first-order chi connectivity index (χ1) is 19.3. The summed E-state index contributed by atoms with van der Waals surface area (Å²) >= 11 is 0. The summed E-state index contributed by atoms with van der Waals surface area (Å²) < 4.78 is 13.4. The van der Waals surface area contributed by atoms with Crippen LogP contribution in [-0.4, -0.2) is 46.8 Å². The number of aryl methyl sites for hydroxylation is 2. The van der Waals surface area contributed by atoms with Crippen molar-refractivity contribution in [2.45, 2.75) is 45.8 Å². The molecule has 2 aliphatic heterocycles. The summed E-state index contributed by atoms with van der Waals surface area (Å²) in [6.07, 6.45) is 0.310. The van der Waals surface area contributed by atoms with Gasteiger partial charge in [0.2, 0.25) is 5.91 Å². The molecule has 40 heavy (non-hydrogen) atoms. The number of halogens is 1. The van der Waals surface area contributed by atoms with Crippen molar-refractivity contribution in [2.75, 3.05) is 13.1 Å². The zero-order chi connectivity index (χ0) is 28.4. The Bertz CT molecular complexity index is 1470. The first kappa shape index (κ1) is 27.1. The van der Waals surface area contributed by atoms with Gasteiger partial charge in [0, 0.05) is 19.5 Å². The van der Waals surface area contributed by atoms with Crippen LogP contribution in [0, 0.1) is 19.7 Å². The predicted molar refractivity (Wildman–Crippen MR) is 150 cm³/mol. The molecular formula is C32H33FN4O3. The Balaban J connectivity index is 1.48. The second-order valence-corrected chi connectivity index (χ2v) is 10.3. The van der Waals surface area contributed by atoms with Crippen molar-refractivity contribution < 1.29 is 18.8 Å². The quantitative estimate of drug-likeness (QED) is 0.440. The molecule has 0 saturated heterocycles. The lowest BCUT2D eigenvalue weighted by molar-refractivity contribution is -0.136. The van der Waals surface area contributed by atoms with Gasteiger partial charge in [0.05, 0.1) is 23.9 Å². The van der Waals surface area contributed by atoms with Gasteiger partial charge in [-0.1, -0.05) is 66.2 Å². The molecule has 3 aromatic rings. The minimum Gasteiger partial charge on any atom is -0.350 e. The van der Waals surface area contributed by atoms with Gasteiger partial charge in [-0.2, -0.15) is 0 Å². The molecule has 0 radical (unpaired) electrons. The summed E-state index contributed by atoms with van der Waals surface area (Å²) in [5, 5.41) is 5.98. The topological polar surface area (TPSA) is 81.8 Å². The molecule has 0 fully saturated rings. The number of carbonyl (C=O) groups is 3. The van der Waals surface area contributed by atoms with E-state index in [1.165, 1.54) is 12.1 Å². The van der Waals surface area contributed by atoms with Crippen LogP contribution in [0.15, 0.2) is 84.1 Å². The third-order valence-corrected chi connectivity index (χ3v) is 7.63. The Morgan fingerprint density at radius 1 is 1.02 bits per heavy atom. The number of likely N-dealkylation sites (N-methyl/N-ethyl adjacent to an activating group) is 1.